The molecule has 1 nitrogen and oxygen atoms in total. The summed E-state index contributed by atoms with van der Waals surface area (Å²) >= 11 is 0. The smallest absolute Gasteiger partial charge is 0.289 e. The van der Waals surface area contributed by atoms with Gasteiger partial charge < -0.3 is 0 Å². The van der Waals surface area contributed by atoms with Crippen LogP contribution < -0.4 is 0 Å². The van der Waals surface area contributed by atoms with Gasteiger partial charge in [0, 0.05) is 0 Å². The summed E-state index contributed by atoms with van der Waals surface area (Å²) in [7, 11) is 0. The number of hydrogen-bond donors (Lipinski definition) is 0. The van der Waals surface area contributed by atoms with Crippen LogP contribution in [-0.2, 0) is 4.74 Å². The van der Waals surface area contributed by atoms with Gasteiger partial charge in [-0.25, -0.2) is 0 Å². The molecule has 4 heteroatoms. The van der Waals surface area contributed by atoms with Crippen molar-refractivity contribution in [2.24, 2.45) is 0 Å². The van der Waals surface area contributed by atoms with Crippen LogP contribution in [0.4, 0.5) is 13.2 Å². The zero-order valence-electron chi connectivity index (χ0n) is 4.33. The Morgan fingerprint density at radius 2 is 1.88 bits per heavy atom. The summed E-state index contributed by atoms with van der Waals surface area (Å²) in [6, 6.07) is 0. The fraction of sp³-hybridized carbons (Fsp3) is 0.750. The Balaban J connectivity index is 3.39. The fourth-order valence-electron chi connectivity index (χ4n) is 0.228. The number of halogens is 3. The summed E-state index contributed by atoms with van der Waals surface area (Å²) in [6.45, 7) is 4.20. The SMILES string of the molecule is [CH2][C@@H](C)OC(F)(F)F. The van der Waals surface area contributed by atoms with Crippen molar-refractivity contribution < 1.29 is 17.9 Å². The Kier molecular flexibility index (Phi) is 2.27. The van der Waals surface area contributed by atoms with E-state index < -0.39 is 12.5 Å². The molecule has 1 atom stereocenters. The number of alkyl halides is 3. The molecule has 0 saturated carbocycles. The van der Waals surface area contributed by atoms with Crippen LogP contribution in [0.5, 0.6) is 0 Å². The van der Waals surface area contributed by atoms with Crippen molar-refractivity contribution in [1.82, 2.24) is 0 Å². The lowest BCUT2D eigenvalue weighted by Crippen LogP contribution is -2.18. The monoisotopic (exact) mass is 127 g/mol. The van der Waals surface area contributed by atoms with Gasteiger partial charge in [0.1, 0.15) is 0 Å². The average molecular weight is 127 g/mol. The van der Waals surface area contributed by atoms with Gasteiger partial charge in [0.25, 0.3) is 0 Å². The first-order valence-corrected chi connectivity index (χ1v) is 1.99. The molecule has 0 amide bonds. The van der Waals surface area contributed by atoms with E-state index in [1.165, 1.54) is 6.92 Å². The predicted octanol–water partition coefficient (Wildman–Crippen LogP) is 1.75. The maximum absolute atomic E-state index is 11.0. The van der Waals surface area contributed by atoms with E-state index in [-0.39, 0.29) is 0 Å². The first-order chi connectivity index (χ1) is 3.42. The Labute approximate surface area is 45.4 Å². The zero-order valence-corrected chi connectivity index (χ0v) is 4.33. The van der Waals surface area contributed by atoms with E-state index in [4.69, 9.17) is 0 Å². The maximum Gasteiger partial charge on any atom is 0.522 e. The molecular formula is C4H6F3O. The van der Waals surface area contributed by atoms with Gasteiger partial charge in [0.2, 0.25) is 0 Å². The first kappa shape index (κ1) is 7.75. The summed E-state index contributed by atoms with van der Waals surface area (Å²) in [5, 5.41) is 0. The molecule has 8 heavy (non-hydrogen) atoms. The average Bonchev–Trinajstić information content (AvgIpc) is 1.21. The zero-order chi connectivity index (χ0) is 6.78. The van der Waals surface area contributed by atoms with Crippen LogP contribution in [0.25, 0.3) is 0 Å². The summed E-state index contributed by atoms with van der Waals surface area (Å²) in [5.74, 6) is 0. The quantitative estimate of drug-likeness (QED) is 0.521. The van der Waals surface area contributed by atoms with Crippen molar-refractivity contribution >= 4 is 0 Å². The highest BCUT2D eigenvalue weighted by Crippen LogP contribution is 2.17. The minimum atomic E-state index is -4.54. The van der Waals surface area contributed by atoms with Gasteiger partial charge in [-0.3, -0.25) is 4.74 Å². The molecule has 0 aliphatic rings. The third-order valence-electron chi connectivity index (χ3n) is 0.335. The van der Waals surface area contributed by atoms with Crippen molar-refractivity contribution in [3.8, 4) is 0 Å². The third kappa shape index (κ3) is 5.75. The summed E-state index contributed by atoms with van der Waals surface area (Å²) in [4.78, 5) is 0. The Hall–Kier alpha value is -0.250. The highest BCUT2D eigenvalue weighted by Gasteiger charge is 2.30. The summed E-state index contributed by atoms with van der Waals surface area (Å²) < 4.78 is 36.5. The van der Waals surface area contributed by atoms with Crippen LogP contribution >= 0.6 is 0 Å². The molecule has 0 saturated heterocycles. The van der Waals surface area contributed by atoms with Crippen LogP contribution in [0.15, 0.2) is 0 Å². The molecule has 0 spiro atoms. The number of ether oxygens (including phenoxy) is 1. The van der Waals surface area contributed by atoms with E-state index in [0.29, 0.717) is 0 Å². The van der Waals surface area contributed by atoms with Crippen molar-refractivity contribution in [2.75, 3.05) is 0 Å². The minimum absolute atomic E-state index is 1.03. The standard InChI is InChI=1S/C4H6F3O/c1-3(2)8-4(5,6)7/h3H,1H2,2H3/t3-/m0/s1. The third-order valence-corrected chi connectivity index (χ3v) is 0.335. The highest BCUT2D eigenvalue weighted by atomic mass is 19.4. The molecule has 0 heterocycles. The molecule has 0 aromatic carbocycles. The van der Waals surface area contributed by atoms with E-state index in [1.54, 1.807) is 0 Å². The lowest BCUT2D eigenvalue weighted by molar-refractivity contribution is -0.334. The maximum atomic E-state index is 11.0. The van der Waals surface area contributed by atoms with E-state index in [2.05, 4.69) is 11.7 Å². The van der Waals surface area contributed by atoms with Crippen LogP contribution in [0.3, 0.4) is 0 Å². The molecule has 0 aromatic heterocycles. The van der Waals surface area contributed by atoms with Crippen LogP contribution in [0.1, 0.15) is 6.92 Å². The predicted molar refractivity (Wildman–Crippen MR) is 22.0 cm³/mol. The second kappa shape index (κ2) is 2.35. The van der Waals surface area contributed by atoms with E-state index in [9.17, 15) is 13.2 Å². The van der Waals surface area contributed by atoms with E-state index in [0.717, 1.165) is 0 Å². The number of hydrogen-bond acceptors (Lipinski definition) is 1. The lowest BCUT2D eigenvalue weighted by Gasteiger charge is -2.08. The van der Waals surface area contributed by atoms with E-state index >= 15 is 0 Å². The normalized spacial score (nSPS) is 12.8. The molecule has 0 aliphatic carbocycles. The molecule has 0 aliphatic heterocycles. The topological polar surface area (TPSA) is 9.23 Å². The molecule has 0 fully saturated rings. The molecule has 0 unspecified atom stereocenters. The lowest BCUT2D eigenvalue weighted by atomic mass is 10.5. The Morgan fingerprint density at radius 3 is 1.88 bits per heavy atom. The largest absolute Gasteiger partial charge is 0.522 e. The second-order valence-electron chi connectivity index (χ2n) is 1.37. The van der Waals surface area contributed by atoms with Gasteiger partial charge in [-0.05, 0) is 13.8 Å². The highest BCUT2D eigenvalue weighted by molar-refractivity contribution is 4.49. The number of rotatable bonds is 1. The van der Waals surface area contributed by atoms with Gasteiger partial charge in [0.15, 0.2) is 0 Å². The van der Waals surface area contributed by atoms with Crippen LogP contribution in [0.2, 0.25) is 0 Å². The van der Waals surface area contributed by atoms with Crippen molar-refractivity contribution in [3.63, 3.8) is 0 Å². The summed E-state index contributed by atoms with van der Waals surface area (Å²) in [5.41, 5.74) is 0. The molecule has 0 bridgehead atoms. The Morgan fingerprint density at radius 1 is 1.50 bits per heavy atom. The first-order valence-electron chi connectivity index (χ1n) is 1.99. The van der Waals surface area contributed by atoms with Crippen LogP contribution in [0, 0.1) is 6.92 Å². The minimum Gasteiger partial charge on any atom is -0.289 e. The Bertz CT molecular complexity index is 66.2. The second-order valence-corrected chi connectivity index (χ2v) is 1.37. The summed E-state index contributed by atoms with van der Waals surface area (Å²) in [6.07, 6.45) is -5.57. The molecule has 0 rings (SSSR count). The molecule has 49 valence electrons. The molecule has 1 radical (unpaired) electrons. The van der Waals surface area contributed by atoms with Crippen LogP contribution in [-0.4, -0.2) is 12.5 Å². The van der Waals surface area contributed by atoms with Gasteiger partial charge in [-0.1, -0.05) is 0 Å². The fourth-order valence-corrected chi connectivity index (χ4v) is 0.228. The van der Waals surface area contributed by atoms with Gasteiger partial charge in [0.05, 0.1) is 6.10 Å². The van der Waals surface area contributed by atoms with Crippen molar-refractivity contribution in [3.05, 3.63) is 6.92 Å². The van der Waals surface area contributed by atoms with Gasteiger partial charge in [-0.2, -0.15) is 0 Å². The molecule has 0 aromatic rings. The molecular weight excluding hydrogens is 121 g/mol. The van der Waals surface area contributed by atoms with Crippen molar-refractivity contribution in [2.45, 2.75) is 19.4 Å². The van der Waals surface area contributed by atoms with E-state index in [1.807, 2.05) is 0 Å². The van der Waals surface area contributed by atoms with Gasteiger partial charge in [-0.15, -0.1) is 13.2 Å². The molecule has 0 N–H and O–H groups in total. The van der Waals surface area contributed by atoms with Crippen molar-refractivity contribution in [1.29, 1.82) is 0 Å². The van der Waals surface area contributed by atoms with Gasteiger partial charge >= 0.3 is 6.36 Å².